The van der Waals surface area contributed by atoms with E-state index in [2.05, 4.69) is 10.6 Å². The standard InChI is InChI=1S/C46H59ClN4O12/c1-26-13-12-15-36(60-9)46(58)25-35(61-44(57)49-46)28(3)41-45(5,63-41)37(24-39(54)51(7)33-22-30(21-26)23-34(59-8)40(33)47)62-43(56)29(4)50(6)42(55)31-17-19-32(20-18-31)48-38(53)16-11-10-14-27(2)52/h12-13,15,17-20,22-23,28-29,35-37,41,58H,10-11,14,16,21,24-25H2,1-9H3,(H,48,53)(H,49,57)/b15-12+,26-13+/t28-,29+,35+,36-,37+,41+,45+,46+/m1/s1. The summed E-state index contributed by atoms with van der Waals surface area (Å²) in [5.74, 6) is -2.18. The third-order valence-electron chi connectivity index (χ3n) is 12.0. The van der Waals surface area contributed by atoms with Crippen LogP contribution < -0.4 is 20.3 Å². The highest BCUT2D eigenvalue weighted by atomic mass is 35.5. The zero-order valence-electron chi connectivity index (χ0n) is 37.3. The number of epoxide rings is 1. The maximum atomic E-state index is 14.3. The molecule has 5 rings (SSSR count). The van der Waals surface area contributed by atoms with Crippen molar-refractivity contribution >= 4 is 58.5 Å². The molecule has 0 spiro atoms. The van der Waals surface area contributed by atoms with Crippen LogP contribution in [0.15, 0.2) is 60.2 Å². The topological polar surface area (TPSA) is 203 Å². The van der Waals surface area contributed by atoms with Crippen molar-refractivity contribution in [1.82, 2.24) is 10.2 Å². The molecular weight excluding hydrogens is 836 g/mol. The lowest BCUT2D eigenvalue weighted by Crippen LogP contribution is -2.63. The van der Waals surface area contributed by atoms with Gasteiger partial charge >= 0.3 is 12.1 Å². The fourth-order valence-corrected chi connectivity index (χ4v) is 8.27. The number of Topliss-reactive ketones (excluding diaryl/α,β-unsaturated/α-hetero) is 1. The summed E-state index contributed by atoms with van der Waals surface area (Å²) in [4.78, 5) is 81.1. The third-order valence-corrected chi connectivity index (χ3v) is 12.4. The summed E-state index contributed by atoms with van der Waals surface area (Å²) in [6.45, 7) is 8.38. The Morgan fingerprint density at radius 1 is 1.11 bits per heavy atom. The van der Waals surface area contributed by atoms with Gasteiger partial charge in [0.05, 0.1) is 25.3 Å². The van der Waals surface area contributed by atoms with Crippen LogP contribution in [0.2, 0.25) is 5.02 Å². The van der Waals surface area contributed by atoms with Crippen molar-refractivity contribution in [2.24, 2.45) is 5.92 Å². The second-order valence-corrected chi connectivity index (χ2v) is 17.2. The number of rotatable bonds is 12. The molecule has 0 aliphatic carbocycles. The fourth-order valence-electron chi connectivity index (χ4n) is 7.96. The number of hydrogen-bond donors (Lipinski definition) is 3. The van der Waals surface area contributed by atoms with Crippen LogP contribution in [0, 0.1) is 5.92 Å². The summed E-state index contributed by atoms with van der Waals surface area (Å²) >= 11 is 6.80. The van der Waals surface area contributed by atoms with Crippen LogP contribution in [0.25, 0.3) is 0 Å². The van der Waals surface area contributed by atoms with Gasteiger partial charge in [-0.25, -0.2) is 9.59 Å². The van der Waals surface area contributed by atoms with Gasteiger partial charge in [0.2, 0.25) is 11.8 Å². The van der Waals surface area contributed by atoms with Crippen molar-refractivity contribution in [3.8, 4) is 5.75 Å². The Kier molecular flexibility index (Phi) is 15.8. The number of allylic oxidation sites excluding steroid dienone is 3. The zero-order chi connectivity index (χ0) is 46.4. The van der Waals surface area contributed by atoms with E-state index in [1.807, 2.05) is 13.0 Å². The van der Waals surface area contributed by atoms with Crippen LogP contribution in [0.1, 0.15) is 89.1 Å². The van der Waals surface area contributed by atoms with E-state index in [4.69, 9.17) is 35.3 Å². The van der Waals surface area contributed by atoms with Gasteiger partial charge in [0, 0.05) is 57.6 Å². The van der Waals surface area contributed by atoms with E-state index < -0.39 is 71.6 Å². The molecule has 0 radical (unpaired) electrons. The largest absolute Gasteiger partial charge is 0.495 e. The SMILES string of the molecule is COc1cc2cc(c1Cl)N(C)C(=O)C[C@H](OC(=O)[C@H](C)N(C)C(=O)c1ccc(NC(=O)CCCCC(C)=O)cc1)[C@]1(C)O[C@H]1[C@H](C)[C@@H]1C[C@@](O)(NC(=O)O1)[C@H](OC)/C=C/C=C(\C)C2. The summed E-state index contributed by atoms with van der Waals surface area (Å²) in [5, 5.41) is 17.3. The Bertz CT molecular complexity index is 2130. The Morgan fingerprint density at radius 3 is 2.44 bits per heavy atom. The molecular formula is C46H59ClN4O12. The fraction of sp³-hybridized carbons (Fsp3) is 0.522. The zero-order valence-corrected chi connectivity index (χ0v) is 38.1. The number of fused-ring (bicyclic) bond motifs is 5. The van der Waals surface area contributed by atoms with Gasteiger partial charge in [-0.1, -0.05) is 42.3 Å². The lowest BCUT2D eigenvalue weighted by Gasteiger charge is -2.42. The molecule has 0 unspecified atom stereocenters. The van der Waals surface area contributed by atoms with Crippen molar-refractivity contribution < 1.29 is 57.6 Å². The molecule has 16 nitrogen and oxygen atoms in total. The summed E-state index contributed by atoms with van der Waals surface area (Å²) in [7, 11) is 5.89. The number of nitrogens with one attached hydrogen (secondary N) is 2. The van der Waals surface area contributed by atoms with Gasteiger partial charge in [0.15, 0.2) is 5.72 Å². The van der Waals surface area contributed by atoms with Gasteiger partial charge in [-0.15, -0.1) is 0 Å². The maximum Gasteiger partial charge on any atom is 0.409 e. The molecule has 0 saturated carbocycles. The molecule has 3 aliphatic rings. The predicted molar refractivity (Wildman–Crippen MR) is 234 cm³/mol. The molecule has 3 N–H and O–H groups in total. The minimum atomic E-state index is -1.86. The molecule has 342 valence electrons. The van der Waals surface area contributed by atoms with Gasteiger partial charge in [0.25, 0.3) is 5.91 Å². The van der Waals surface area contributed by atoms with E-state index in [9.17, 15) is 33.9 Å². The van der Waals surface area contributed by atoms with Crippen LogP contribution in [-0.2, 0) is 44.5 Å². The minimum Gasteiger partial charge on any atom is -0.495 e. The number of hydrogen-bond acceptors (Lipinski definition) is 12. The van der Waals surface area contributed by atoms with Crippen LogP contribution >= 0.6 is 11.6 Å². The van der Waals surface area contributed by atoms with Crippen molar-refractivity contribution in [2.75, 3.05) is 38.5 Å². The molecule has 3 aliphatic heterocycles. The van der Waals surface area contributed by atoms with E-state index in [1.165, 1.54) is 57.0 Å². The number of benzene rings is 2. The average Bonchev–Trinajstić information content (AvgIpc) is 3.94. The van der Waals surface area contributed by atoms with Gasteiger partial charge in [-0.2, -0.15) is 0 Å². The molecule has 17 heteroatoms. The van der Waals surface area contributed by atoms with Crippen molar-refractivity contribution in [1.29, 1.82) is 0 Å². The van der Waals surface area contributed by atoms with Crippen molar-refractivity contribution in [3.63, 3.8) is 0 Å². The number of anilines is 2. The van der Waals surface area contributed by atoms with E-state index in [0.717, 1.165) is 11.1 Å². The molecule has 4 bridgehead atoms. The monoisotopic (exact) mass is 894 g/mol. The highest BCUT2D eigenvalue weighted by Crippen LogP contribution is 2.49. The number of amides is 4. The van der Waals surface area contributed by atoms with E-state index >= 15 is 0 Å². The van der Waals surface area contributed by atoms with Gasteiger partial charge in [-0.3, -0.25) is 19.7 Å². The first kappa shape index (κ1) is 48.7. The molecule has 3 heterocycles. The molecule has 2 aromatic carbocycles. The Hall–Kier alpha value is -5.29. The molecule has 2 saturated heterocycles. The van der Waals surface area contributed by atoms with Crippen LogP contribution in [0.5, 0.6) is 5.75 Å². The van der Waals surface area contributed by atoms with Crippen molar-refractivity contribution in [3.05, 3.63) is 76.3 Å². The second kappa shape index (κ2) is 20.5. The molecule has 2 aromatic rings. The summed E-state index contributed by atoms with van der Waals surface area (Å²) in [5.41, 5.74) is -0.385. The smallest absolute Gasteiger partial charge is 0.409 e. The first-order chi connectivity index (χ1) is 29.7. The molecule has 63 heavy (non-hydrogen) atoms. The minimum absolute atomic E-state index is 0.0722. The predicted octanol–water partition coefficient (Wildman–Crippen LogP) is 5.92. The summed E-state index contributed by atoms with van der Waals surface area (Å²) in [6.07, 6.45) is 2.38. The Labute approximate surface area is 373 Å². The summed E-state index contributed by atoms with van der Waals surface area (Å²) in [6, 6.07) is 8.63. The Balaban J connectivity index is 1.40. The highest BCUT2D eigenvalue weighted by Gasteiger charge is 2.64. The molecule has 2 fully saturated rings. The van der Waals surface area contributed by atoms with Crippen molar-refractivity contribution in [2.45, 2.75) is 121 Å². The molecule has 8 atom stereocenters. The lowest BCUT2D eigenvalue weighted by molar-refractivity contribution is -0.158. The number of nitrogens with zero attached hydrogens (tertiary/aromatic N) is 2. The number of ether oxygens (including phenoxy) is 5. The number of carbonyl (C=O) groups is 6. The van der Waals surface area contributed by atoms with Crippen LogP contribution in [0.3, 0.4) is 0 Å². The van der Waals surface area contributed by atoms with Gasteiger partial charge < -0.3 is 48.7 Å². The summed E-state index contributed by atoms with van der Waals surface area (Å²) < 4.78 is 29.4. The van der Waals surface area contributed by atoms with E-state index in [-0.39, 0.29) is 41.5 Å². The lowest BCUT2D eigenvalue weighted by atomic mass is 9.83. The quantitative estimate of drug-likeness (QED) is 0.129. The maximum absolute atomic E-state index is 14.3. The number of carbonyl (C=O) groups excluding carboxylic acids is 6. The Morgan fingerprint density at radius 2 is 1.79 bits per heavy atom. The normalized spacial score (nSPS) is 27.9. The third kappa shape index (κ3) is 11.6. The first-order valence-corrected chi connectivity index (χ1v) is 21.3. The molecule has 0 aromatic heterocycles. The number of likely N-dealkylation sites (N-methyl/N-ethyl adjacent to an activating group) is 1. The number of halogens is 1. The average molecular weight is 895 g/mol. The number of alkyl carbamates (subject to hydrolysis) is 1. The number of aliphatic hydroxyl groups is 1. The van der Waals surface area contributed by atoms with Crippen LogP contribution in [0.4, 0.5) is 16.2 Å². The second-order valence-electron chi connectivity index (χ2n) is 16.8. The highest BCUT2D eigenvalue weighted by molar-refractivity contribution is 6.35. The number of ketones is 1. The van der Waals surface area contributed by atoms with E-state index in [1.54, 1.807) is 57.3 Å². The number of esters is 1. The van der Waals surface area contributed by atoms with Gasteiger partial charge in [-0.05, 0) is 88.9 Å². The molecule has 4 amide bonds. The number of methoxy groups -OCH3 is 2. The van der Waals surface area contributed by atoms with E-state index in [0.29, 0.717) is 42.8 Å². The van der Waals surface area contributed by atoms with Gasteiger partial charge in [0.1, 0.15) is 46.5 Å². The first-order valence-electron chi connectivity index (χ1n) is 21.0. The van der Waals surface area contributed by atoms with Crippen LogP contribution in [-0.4, -0.2) is 116 Å². The number of unbranched alkanes of at least 4 members (excludes halogenated alkanes) is 1.